The maximum absolute atomic E-state index is 5.84. The van der Waals surface area contributed by atoms with E-state index in [0.717, 1.165) is 22.6 Å². The monoisotopic (exact) mass is 305 g/mol. The molecule has 21 heavy (non-hydrogen) atoms. The highest BCUT2D eigenvalue weighted by molar-refractivity contribution is 7.18. The van der Waals surface area contributed by atoms with Gasteiger partial charge in [0.15, 0.2) is 0 Å². The normalized spacial score (nSPS) is 17.7. The molecular formula is C15H23N5S. The van der Waals surface area contributed by atoms with Crippen molar-refractivity contribution in [2.45, 2.75) is 38.1 Å². The average Bonchev–Trinajstić information content (AvgIpc) is 3.02. The molecule has 2 aromatic rings. The van der Waals surface area contributed by atoms with Crippen LogP contribution in [0.2, 0.25) is 0 Å². The number of fused-ring (bicyclic) bond motifs is 1. The molecule has 0 bridgehead atoms. The number of rotatable bonds is 4. The van der Waals surface area contributed by atoms with Crippen LogP contribution < -0.4 is 11.1 Å². The van der Waals surface area contributed by atoms with E-state index in [1.165, 1.54) is 30.6 Å². The summed E-state index contributed by atoms with van der Waals surface area (Å²) in [7, 11) is 4.34. The molecule has 0 atom stereocenters. The van der Waals surface area contributed by atoms with E-state index in [1.54, 1.807) is 11.3 Å². The van der Waals surface area contributed by atoms with E-state index in [9.17, 15) is 0 Å². The van der Waals surface area contributed by atoms with Gasteiger partial charge in [-0.15, -0.1) is 11.3 Å². The van der Waals surface area contributed by atoms with E-state index >= 15 is 0 Å². The summed E-state index contributed by atoms with van der Waals surface area (Å²) in [4.78, 5) is 13.3. The van der Waals surface area contributed by atoms with Crippen LogP contribution in [0.25, 0.3) is 10.2 Å². The molecule has 1 aliphatic rings. The van der Waals surface area contributed by atoms with Crippen LogP contribution in [0.15, 0.2) is 6.07 Å². The van der Waals surface area contributed by atoms with Gasteiger partial charge in [0.05, 0.1) is 5.39 Å². The molecule has 5 nitrogen and oxygen atoms in total. The van der Waals surface area contributed by atoms with Crippen molar-refractivity contribution in [1.29, 1.82) is 0 Å². The average molecular weight is 305 g/mol. The lowest BCUT2D eigenvalue weighted by molar-refractivity contribution is 0.172. The lowest BCUT2D eigenvalue weighted by atomic mass is 9.96. The SMILES string of the molecule is Cc1cc2c(NCC3(N(C)C)CCCC3)nc(N)nc2s1. The summed E-state index contributed by atoms with van der Waals surface area (Å²) in [6.07, 6.45) is 5.08. The molecule has 6 heteroatoms. The fraction of sp³-hybridized carbons (Fsp3) is 0.600. The van der Waals surface area contributed by atoms with Crippen LogP contribution in [-0.4, -0.2) is 41.0 Å². The van der Waals surface area contributed by atoms with Crippen molar-refractivity contribution >= 4 is 33.3 Å². The number of likely N-dealkylation sites (N-methyl/N-ethyl adjacent to an activating group) is 1. The summed E-state index contributed by atoms with van der Waals surface area (Å²) < 4.78 is 0. The molecule has 2 heterocycles. The summed E-state index contributed by atoms with van der Waals surface area (Å²) in [6.45, 7) is 2.99. The van der Waals surface area contributed by atoms with E-state index < -0.39 is 0 Å². The first-order chi connectivity index (χ1) is 10.00. The van der Waals surface area contributed by atoms with Crippen LogP contribution in [0.1, 0.15) is 30.6 Å². The van der Waals surface area contributed by atoms with Crippen molar-refractivity contribution in [3.05, 3.63) is 10.9 Å². The summed E-state index contributed by atoms with van der Waals surface area (Å²) in [5.74, 6) is 1.21. The molecule has 0 saturated heterocycles. The van der Waals surface area contributed by atoms with Gasteiger partial charge in [0.25, 0.3) is 0 Å². The maximum atomic E-state index is 5.84. The molecule has 3 N–H and O–H groups in total. The second kappa shape index (κ2) is 5.42. The third kappa shape index (κ3) is 2.70. The maximum Gasteiger partial charge on any atom is 0.223 e. The number of nitrogens with one attached hydrogen (secondary N) is 1. The van der Waals surface area contributed by atoms with Crippen LogP contribution in [0.3, 0.4) is 0 Å². The van der Waals surface area contributed by atoms with E-state index in [1.807, 2.05) is 0 Å². The van der Waals surface area contributed by atoms with Crippen LogP contribution in [0, 0.1) is 6.92 Å². The van der Waals surface area contributed by atoms with Gasteiger partial charge in [-0.05, 0) is 39.9 Å². The number of nitrogens with zero attached hydrogens (tertiary/aromatic N) is 3. The quantitative estimate of drug-likeness (QED) is 0.909. The summed E-state index contributed by atoms with van der Waals surface area (Å²) in [5, 5.41) is 4.62. The number of nitrogen functional groups attached to an aromatic ring is 1. The van der Waals surface area contributed by atoms with E-state index in [-0.39, 0.29) is 5.54 Å². The van der Waals surface area contributed by atoms with Crippen molar-refractivity contribution < 1.29 is 0 Å². The molecule has 0 aromatic carbocycles. The third-order valence-electron chi connectivity index (χ3n) is 4.60. The van der Waals surface area contributed by atoms with Gasteiger partial charge in [0.1, 0.15) is 10.6 Å². The highest BCUT2D eigenvalue weighted by atomic mass is 32.1. The van der Waals surface area contributed by atoms with Gasteiger partial charge in [-0.1, -0.05) is 12.8 Å². The summed E-state index contributed by atoms with van der Waals surface area (Å²) in [5.41, 5.74) is 6.08. The Morgan fingerprint density at radius 1 is 1.33 bits per heavy atom. The molecule has 1 aliphatic carbocycles. The first kappa shape index (κ1) is 14.5. The minimum Gasteiger partial charge on any atom is -0.368 e. The van der Waals surface area contributed by atoms with Crippen molar-refractivity contribution in [2.24, 2.45) is 0 Å². The largest absolute Gasteiger partial charge is 0.368 e. The predicted octanol–water partition coefficient (Wildman–Crippen LogP) is 2.87. The van der Waals surface area contributed by atoms with E-state index in [4.69, 9.17) is 5.73 Å². The number of hydrogen-bond donors (Lipinski definition) is 2. The van der Waals surface area contributed by atoms with E-state index in [2.05, 4.69) is 47.3 Å². The highest BCUT2D eigenvalue weighted by Gasteiger charge is 2.35. The fourth-order valence-corrected chi connectivity index (χ4v) is 4.14. The van der Waals surface area contributed by atoms with Gasteiger partial charge < -0.3 is 16.0 Å². The smallest absolute Gasteiger partial charge is 0.223 e. The van der Waals surface area contributed by atoms with Gasteiger partial charge in [0, 0.05) is 17.0 Å². The molecule has 3 rings (SSSR count). The second-order valence-corrected chi connectivity index (χ2v) is 7.42. The lowest BCUT2D eigenvalue weighted by Crippen LogP contribution is -2.47. The topological polar surface area (TPSA) is 67.1 Å². The second-order valence-electron chi connectivity index (χ2n) is 6.19. The molecule has 1 saturated carbocycles. The molecule has 0 spiro atoms. The number of aromatic nitrogens is 2. The number of anilines is 2. The minimum absolute atomic E-state index is 0.233. The Hall–Kier alpha value is -1.40. The first-order valence-corrected chi connectivity index (χ1v) is 8.27. The van der Waals surface area contributed by atoms with Gasteiger partial charge >= 0.3 is 0 Å². The zero-order chi connectivity index (χ0) is 15.0. The molecule has 0 radical (unpaired) electrons. The molecule has 1 fully saturated rings. The van der Waals surface area contributed by atoms with Crippen molar-refractivity contribution in [3.8, 4) is 0 Å². The van der Waals surface area contributed by atoms with Crippen LogP contribution in [0.4, 0.5) is 11.8 Å². The zero-order valence-corrected chi connectivity index (χ0v) is 13.8. The molecule has 0 amide bonds. The number of thiophene rings is 1. The Morgan fingerprint density at radius 3 is 2.71 bits per heavy atom. The van der Waals surface area contributed by atoms with E-state index in [0.29, 0.717) is 5.95 Å². The number of nitrogens with two attached hydrogens (primary N) is 1. The Balaban J connectivity index is 1.87. The lowest BCUT2D eigenvalue weighted by Gasteiger charge is -2.36. The van der Waals surface area contributed by atoms with Gasteiger partial charge in [-0.3, -0.25) is 0 Å². The Kier molecular flexibility index (Phi) is 3.75. The minimum atomic E-state index is 0.233. The molecule has 0 unspecified atom stereocenters. The highest BCUT2D eigenvalue weighted by Crippen LogP contribution is 2.35. The molecule has 2 aromatic heterocycles. The van der Waals surface area contributed by atoms with Gasteiger partial charge in [0.2, 0.25) is 5.95 Å². The summed E-state index contributed by atoms with van der Waals surface area (Å²) >= 11 is 1.66. The number of aryl methyl sites for hydroxylation is 1. The van der Waals surface area contributed by atoms with Crippen LogP contribution in [-0.2, 0) is 0 Å². The molecular weight excluding hydrogens is 282 g/mol. The van der Waals surface area contributed by atoms with Crippen LogP contribution >= 0.6 is 11.3 Å². The standard InChI is InChI=1S/C15H23N5S/c1-10-8-11-12(18-14(16)19-13(11)21-10)17-9-15(20(2)3)6-4-5-7-15/h8H,4-7,9H2,1-3H3,(H3,16,17,18,19). The molecule has 114 valence electrons. The Labute approximate surface area is 129 Å². The number of hydrogen-bond acceptors (Lipinski definition) is 6. The zero-order valence-electron chi connectivity index (χ0n) is 12.9. The van der Waals surface area contributed by atoms with Crippen molar-refractivity contribution in [1.82, 2.24) is 14.9 Å². The molecule has 0 aliphatic heterocycles. The van der Waals surface area contributed by atoms with Crippen LogP contribution in [0.5, 0.6) is 0 Å². The predicted molar refractivity (Wildman–Crippen MR) is 89.9 cm³/mol. The third-order valence-corrected chi connectivity index (χ3v) is 5.55. The fourth-order valence-electron chi connectivity index (χ4n) is 3.26. The van der Waals surface area contributed by atoms with Crippen molar-refractivity contribution in [3.63, 3.8) is 0 Å². The van der Waals surface area contributed by atoms with Gasteiger partial charge in [-0.2, -0.15) is 4.98 Å². The van der Waals surface area contributed by atoms with Gasteiger partial charge in [-0.25, -0.2) is 4.98 Å². The summed E-state index contributed by atoms with van der Waals surface area (Å²) in [6, 6.07) is 2.14. The van der Waals surface area contributed by atoms with Crippen molar-refractivity contribution in [2.75, 3.05) is 31.7 Å². The Morgan fingerprint density at radius 2 is 2.05 bits per heavy atom. The first-order valence-electron chi connectivity index (χ1n) is 7.45. The Bertz CT molecular complexity index is 643.